The molecule has 0 spiro atoms. The molecule has 136 valence electrons. The maximum Gasteiger partial charge on any atom is 0.258 e. The summed E-state index contributed by atoms with van der Waals surface area (Å²) < 4.78 is 18.8. The Morgan fingerprint density at radius 2 is 2.04 bits per heavy atom. The lowest BCUT2D eigenvalue weighted by molar-refractivity contribution is -0.926. The summed E-state index contributed by atoms with van der Waals surface area (Å²) in [7, 11) is 1.44. The fourth-order valence-corrected chi connectivity index (χ4v) is 3.07. The van der Waals surface area contributed by atoms with Gasteiger partial charge in [-0.2, -0.15) is 0 Å². The van der Waals surface area contributed by atoms with Crippen LogP contribution >= 0.6 is 11.6 Å². The summed E-state index contributed by atoms with van der Waals surface area (Å²) >= 11 is 6.00. The van der Waals surface area contributed by atoms with Crippen LogP contribution in [0.3, 0.4) is 0 Å². The van der Waals surface area contributed by atoms with Gasteiger partial charge in [-0.15, -0.1) is 0 Å². The lowest BCUT2D eigenvalue weighted by atomic mass is 10.2. The molecule has 0 aliphatic carbocycles. The van der Waals surface area contributed by atoms with Crippen molar-refractivity contribution in [3.63, 3.8) is 0 Å². The molecule has 0 saturated carbocycles. The van der Waals surface area contributed by atoms with E-state index in [1.807, 2.05) is 13.0 Å². The normalized spacial score (nSPS) is 12.3. The smallest absolute Gasteiger partial charge is 0.258 e. The van der Waals surface area contributed by atoms with Crippen LogP contribution in [0.2, 0.25) is 5.02 Å². The quantitative estimate of drug-likeness (QED) is 0.694. The van der Waals surface area contributed by atoms with E-state index in [0.29, 0.717) is 34.8 Å². The SMILES string of the molecule is CC[NH+](Cc1ccc(OC)c(F)c1)Cc1nc2cc(Cl)ccc2c(=O)[nH]1. The summed E-state index contributed by atoms with van der Waals surface area (Å²) in [6.07, 6.45) is 0. The highest BCUT2D eigenvalue weighted by Gasteiger charge is 2.14. The Morgan fingerprint density at radius 1 is 1.23 bits per heavy atom. The average molecular weight is 377 g/mol. The molecule has 1 aromatic heterocycles. The number of rotatable bonds is 6. The second-order valence-corrected chi connectivity index (χ2v) is 6.54. The number of fused-ring (bicyclic) bond motifs is 1. The maximum atomic E-state index is 13.9. The number of benzene rings is 2. The molecule has 1 atom stereocenters. The third-order valence-corrected chi connectivity index (χ3v) is 4.54. The molecule has 5 nitrogen and oxygen atoms in total. The average Bonchev–Trinajstić information content (AvgIpc) is 2.61. The fourth-order valence-electron chi connectivity index (χ4n) is 2.90. The van der Waals surface area contributed by atoms with Crippen LogP contribution in [0.15, 0.2) is 41.2 Å². The Bertz CT molecular complexity index is 990. The number of H-pyrrole nitrogens is 1. The minimum absolute atomic E-state index is 0.187. The predicted molar refractivity (Wildman–Crippen MR) is 99.2 cm³/mol. The van der Waals surface area contributed by atoms with Crippen molar-refractivity contribution in [2.75, 3.05) is 13.7 Å². The van der Waals surface area contributed by atoms with Gasteiger partial charge in [0, 0.05) is 10.6 Å². The molecule has 2 N–H and O–H groups in total. The van der Waals surface area contributed by atoms with Gasteiger partial charge in [0.1, 0.15) is 13.1 Å². The number of quaternary nitrogens is 1. The number of aromatic nitrogens is 2. The topological polar surface area (TPSA) is 59.4 Å². The zero-order valence-corrected chi connectivity index (χ0v) is 15.4. The van der Waals surface area contributed by atoms with Crippen LogP contribution in [0.25, 0.3) is 10.9 Å². The van der Waals surface area contributed by atoms with Crippen molar-refractivity contribution in [2.24, 2.45) is 0 Å². The van der Waals surface area contributed by atoms with Gasteiger partial charge in [0.25, 0.3) is 5.56 Å². The molecule has 0 aliphatic heterocycles. The van der Waals surface area contributed by atoms with E-state index in [2.05, 4.69) is 9.97 Å². The first-order chi connectivity index (χ1) is 12.5. The van der Waals surface area contributed by atoms with Crippen LogP contribution in [-0.4, -0.2) is 23.6 Å². The maximum absolute atomic E-state index is 13.9. The standard InChI is InChI=1S/C19H19ClFN3O2/c1-3-24(10-12-4-7-17(26-2)15(21)8-12)11-18-22-16-9-13(20)5-6-14(16)19(25)23-18/h4-9H,3,10-11H2,1-2H3,(H,22,23,25)/p+1. The van der Waals surface area contributed by atoms with Gasteiger partial charge in [0.05, 0.1) is 24.6 Å². The zero-order valence-electron chi connectivity index (χ0n) is 14.6. The number of ether oxygens (including phenoxy) is 1. The van der Waals surface area contributed by atoms with Crippen LogP contribution < -0.4 is 15.2 Å². The lowest BCUT2D eigenvalue weighted by Gasteiger charge is -2.17. The number of aromatic amines is 1. The first kappa shape index (κ1) is 18.4. The molecule has 0 saturated heterocycles. The Kier molecular flexibility index (Phi) is 5.54. The largest absolute Gasteiger partial charge is 0.494 e. The van der Waals surface area contributed by atoms with E-state index >= 15 is 0 Å². The van der Waals surface area contributed by atoms with Crippen LogP contribution in [-0.2, 0) is 13.1 Å². The van der Waals surface area contributed by atoms with Crippen LogP contribution in [0.4, 0.5) is 4.39 Å². The summed E-state index contributed by atoms with van der Waals surface area (Å²) in [6.45, 7) is 3.95. The van der Waals surface area contributed by atoms with E-state index in [0.717, 1.165) is 17.0 Å². The number of halogens is 2. The van der Waals surface area contributed by atoms with E-state index in [9.17, 15) is 9.18 Å². The van der Waals surface area contributed by atoms with Crippen molar-refractivity contribution >= 4 is 22.5 Å². The third kappa shape index (κ3) is 4.03. The molecule has 2 aromatic carbocycles. The van der Waals surface area contributed by atoms with Gasteiger partial charge in [-0.05, 0) is 43.3 Å². The summed E-state index contributed by atoms with van der Waals surface area (Å²) in [5.74, 6) is 0.423. The number of hydrogen-bond donors (Lipinski definition) is 2. The highest BCUT2D eigenvalue weighted by Crippen LogP contribution is 2.17. The molecule has 0 amide bonds. The minimum atomic E-state index is -0.382. The van der Waals surface area contributed by atoms with E-state index in [4.69, 9.17) is 16.3 Å². The number of methoxy groups -OCH3 is 1. The molecule has 7 heteroatoms. The van der Waals surface area contributed by atoms with Crippen LogP contribution in [0.5, 0.6) is 5.75 Å². The number of hydrogen-bond acceptors (Lipinski definition) is 3. The van der Waals surface area contributed by atoms with E-state index in [-0.39, 0.29) is 17.1 Å². The van der Waals surface area contributed by atoms with E-state index < -0.39 is 0 Å². The third-order valence-electron chi connectivity index (χ3n) is 4.31. The Balaban J connectivity index is 1.83. The monoisotopic (exact) mass is 376 g/mol. The van der Waals surface area contributed by atoms with Gasteiger partial charge in [0.15, 0.2) is 17.4 Å². The Hall–Kier alpha value is -2.44. The zero-order chi connectivity index (χ0) is 18.7. The van der Waals surface area contributed by atoms with Crippen molar-refractivity contribution in [2.45, 2.75) is 20.0 Å². The van der Waals surface area contributed by atoms with E-state index in [1.165, 1.54) is 13.2 Å². The molecule has 0 bridgehead atoms. The van der Waals surface area contributed by atoms with Crippen molar-refractivity contribution in [1.82, 2.24) is 9.97 Å². The van der Waals surface area contributed by atoms with Crippen molar-refractivity contribution in [1.29, 1.82) is 0 Å². The predicted octanol–water partition coefficient (Wildman–Crippen LogP) is 2.33. The van der Waals surface area contributed by atoms with Crippen LogP contribution in [0, 0.1) is 5.82 Å². The molecule has 0 aliphatic rings. The van der Waals surface area contributed by atoms with Crippen molar-refractivity contribution in [3.05, 3.63) is 69.0 Å². The minimum Gasteiger partial charge on any atom is -0.494 e. The molecule has 0 fully saturated rings. The molecule has 1 heterocycles. The van der Waals surface area contributed by atoms with Gasteiger partial charge in [-0.1, -0.05) is 11.6 Å². The fraction of sp³-hybridized carbons (Fsp3) is 0.263. The molecule has 3 aromatic rings. The summed E-state index contributed by atoms with van der Waals surface area (Å²) in [6, 6.07) is 9.95. The molecule has 1 unspecified atom stereocenters. The second-order valence-electron chi connectivity index (χ2n) is 6.10. The first-order valence-corrected chi connectivity index (χ1v) is 8.72. The van der Waals surface area contributed by atoms with Crippen molar-refractivity contribution in [3.8, 4) is 5.75 Å². The Labute approximate surface area is 155 Å². The summed E-state index contributed by atoms with van der Waals surface area (Å²) in [5, 5.41) is 1.04. The van der Waals surface area contributed by atoms with Gasteiger partial charge in [0.2, 0.25) is 0 Å². The summed E-state index contributed by atoms with van der Waals surface area (Å²) in [5.41, 5.74) is 1.24. The molecule has 3 rings (SSSR count). The lowest BCUT2D eigenvalue weighted by Crippen LogP contribution is -3.09. The van der Waals surface area contributed by atoms with Gasteiger partial charge >= 0.3 is 0 Å². The highest BCUT2D eigenvalue weighted by atomic mass is 35.5. The van der Waals surface area contributed by atoms with Gasteiger partial charge < -0.3 is 14.6 Å². The molecule has 26 heavy (non-hydrogen) atoms. The Morgan fingerprint density at radius 3 is 2.73 bits per heavy atom. The highest BCUT2D eigenvalue weighted by molar-refractivity contribution is 6.31. The number of nitrogens with zero attached hydrogens (tertiary/aromatic N) is 1. The van der Waals surface area contributed by atoms with Crippen LogP contribution in [0.1, 0.15) is 18.3 Å². The van der Waals surface area contributed by atoms with Crippen molar-refractivity contribution < 1.29 is 14.0 Å². The van der Waals surface area contributed by atoms with E-state index in [1.54, 1.807) is 24.3 Å². The number of nitrogens with one attached hydrogen (secondary N) is 2. The molecule has 0 radical (unpaired) electrons. The molecular weight excluding hydrogens is 357 g/mol. The molecular formula is C19H20ClFN3O2+. The van der Waals surface area contributed by atoms with Gasteiger partial charge in [-0.3, -0.25) is 4.79 Å². The first-order valence-electron chi connectivity index (χ1n) is 8.34. The van der Waals surface area contributed by atoms with Gasteiger partial charge in [-0.25, -0.2) is 9.37 Å². The second kappa shape index (κ2) is 7.85. The summed E-state index contributed by atoms with van der Waals surface area (Å²) in [4.78, 5) is 20.7.